The number of anilines is 1. The zero-order valence-corrected chi connectivity index (χ0v) is 11.4. The van der Waals surface area contributed by atoms with Gasteiger partial charge in [0, 0.05) is 23.3 Å². The summed E-state index contributed by atoms with van der Waals surface area (Å²) in [5.74, 6) is 1.01. The second kappa shape index (κ2) is 3.96. The molecule has 0 radical (unpaired) electrons. The third-order valence-electron chi connectivity index (χ3n) is 4.81. The average molecular weight is 252 g/mol. The molecule has 1 aromatic heterocycles. The number of pyridine rings is 1. The SMILES string of the molecule is Cc1cc(NCC2(C3CC3)CC2)c2ccccc2n1. The van der Waals surface area contributed by atoms with Crippen molar-refractivity contribution in [2.45, 2.75) is 32.6 Å². The second-order valence-corrected chi connectivity index (χ2v) is 6.32. The average Bonchev–Trinajstić information content (AvgIpc) is 3.27. The van der Waals surface area contributed by atoms with Gasteiger partial charge in [-0.3, -0.25) is 4.98 Å². The Balaban J connectivity index is 1.63. The van der Waals surface area contributed by atoms with Gasteiger partial charge in [-0.25, -0.2) is 0 Å². The Morgan fingerprint density at radius 3 is 2.79 bits per heavy atom. The van der Waals surface area contributed by atoms with E-state index in [0.717, 1.165) is 23.7 Å². The molecule has 0 spiro atoms. The maximum atomic E-state index is 4.60. The van der Waals surface area contributed by atoms with Crippen LogP contribution in [0, 0.1) is 18.3 Å². The molecule has 4 rings (SSSR count). The Morgan fingerprint density at radius 1 is 1.26 bits per heavy atom. The molecular formula is C17H20N2. The Hall–Kier alpha value is -1.57. The summed E-state index contributed by atoms with van der Waals surface area (Å²) in [6, 6.07) is 10.6. The first-order valence-electron chi connectivity index (χ1n) is 7.37. The molecule has 1 N–H and O–H groups in total. The van der Waals surface area contributed by atoms with Crippen molar-refractivity contribution >= 4 is 16.6 Å². The monoisotopic (exact) mass is 252 g/mol. The van der Waals surface area contributed by atoms with Gasteiger partial charge < -0.3 is 5.32 Å². The molecule has 98 valence electrons. The number of para-hydroxylation sites is 1. The molecule has 0 amide bonds. The van der Waals surface area contributed by atoms with Crippen molar-refractivity contribution in [2.75, 3.05) is 11.9 Å². The molecule has 2 fully saturated rings. The molecule has 2 nitrogen and oxygen atoms in total. The summed E-state index contributed by atoms with van der Waals surface area (Å²) in [6.45, 7) is 3.22. The number of nitrogens with one attached hydrogen (secondary N) is 1. The predicted octanol–water partition coefficient (Wildman–Crippen LogP) is 4.15. The molecule has 0 bridgehead atoms. The molecule has 2 aliphatic carbocycles. The predicted molar refractivity (Wildman–Crippen MR) is 79.4 cm³/mol. The summed E-state index contributed by atoms with van der Waals surface area (Å²) in [6.07, 6.45) is 5.76. The zero-order chi connectivity index (χ0) is 12.9. The number of aryl methyl sites for hydroxylation is 1. The maximum absolute atomic E-state index is 4.60. The van der Waals surface area contributed by atoms with E-state index in [4.69, 9.17) is 0 Å². The Bertz CT molecular complexity index is 624. The third-order valence-corrected chi connectivity index (χ3v) is 4.81. The Kier molecular flexibility index (Phi) is 2.35. The van der Waals surface area contributed by atoms with E-state index in [0.29, 0.717) is 5.41 Å². The number of benzene rings is 1. The van der Waals surface area contributed by atoms with Gasteiger partial charge >= 0.3 is 0 Å². The van der Waals surface area contributed by atoms with Crippen LogP contribution in [-0.4, -0.2) is 11.5 Å². The van der Waals surface area contributed by atoms with E-state index in [9.17, 15) is 0 Å². The van der Waals surface area contributed by atoms with Gasteiger partial charge in [0.1, 0.15) is 0 Å². The van der Waals surface area contributed by atoms with E-state index < -0.39 is 0 Å². The lowest BCUT2D eigenvalue weighted by atomic mass is 10.0. The van der Waals surface area contributed by atoms with Gasteiger partial charge in [0.2, 0.25) is 0 Å². The largest absolute Gasteiger partial charge is 0.384 e. The fraction of sp³-hybridized carbons (Fsp3) is 0.471. The smallest absolute Gasteiger partial charge is 0.0725 e. The van der Waals surface area contributed by atoms with Gasteiger partial charge in [-0.05, 0) is 56.1 Å². The van der Waals surface area contributed by atoms with Crippen LogP contribution in [0.3, 0.4) is 0 Å². The highest BCUT2D eigenvalue weighted by atomic mass is 14.9. The van der Waals surface area contributed by atoms with Gasteiger partial charge in [-0.15, -0.1) is 0 Å². The van der Waals surface area contributed by atoms with Crippen molar-refractivity contribution in [1.29, 1.82) is 0 Å². The number of nitrogens with zero attached hydrogens (tertiary/aromatic N) is 1. The molecule has 1 heterocycles. The minimum absolute atomic E-state index is 0.637. The van der Waals surface area contributed by atoms with Crippen molar-refractivity contribution in [2.24, 2.45) is 11.3 Å². The number of rotatable bonds is 4. The van der Waals surface area contributed by atoms with Crippen LogP contribution in [0.15, 0.2) is 30.3 Å². The first-order chi connectivity index (χ1) is 9.27. The fourth-order valence-electron chi connectivity index (χ4n) is 3.31. The lowest BCUT2D eigenvalue weighted by Crippen LogP contribution is -2.17. The van der Waals surface area contributed by atoms with Gasteiger partial charge in [0.25, 0.3) is 0 Å². The minimum atomic E-state index is 0.637. The molecule has 0 saturated heterocycles. The van der Waals surface area contributed by atoms with Gasteiger partial charge in [0.05, 0.1) is 5.52 Å². The molecule has 1 aromatic carbocycles. The molecule has 0 aliphatic heterocycles. The fourth-order valence-corrected chi connectivity index (χ4v) is 3.31. The molecule has 2 aromatic rings. The van der Waals surface area contributed by atoms with Crippen LogP contribution in [0.5, 0.6) is 0 Å². The van der Waals surface area contributed by atoms with Crippen molar-refractivity contribution < 1.29 is 0 Å². The van der Waals surface area contributed by atoms with Crippen LogP contribution in [-0.2, 0) is 0 Å². The highest BCUT2D eigenvalue weighted by molar-refractivity contribution is 5.91. The summed E-state index contributed by atoms with van der Waals surface area (Å²) in [7, 11) is 0. The summed E-state index contributed by atoms with van der Waals surface area (Å²) in [5.41, 5.74) is 4.09. The molecule has 0 atom stereocenters. The van der Waals surface area contributed by atoms with Crippen LogP contribution in [0.1, 0.15) is 31.4 Å². The number of hydrogen-bond donors (Lipinski definition) is 1. The van der Waals surface area contributed by atoms with Crippen molar-refractivity contribution in [3.05, 3.63) is 36.0 Å². The highest BCUT2D eigenvalue weighted by Crippen LogP contribution is 2.61. The van der Waals surface area contributed by atoms with E-state index in [-0.39, 0.29) is 0 Å². The van der Waals surface area contributed by atoms with Crippen LogP contribution in [0.25, 0.3) is 10.9 Å². The van der Waals surface area contributed by atoms with Crippen LogP contribution < -0.4 is 5.32 Å². The minimum Gasteiger partial charge on any atom is -0.384 e. The normalized spacial score (nSPS) is 20.5. The maximum Gasteiger partial charge on any atom is 0.0725 e. The Morgan fingerprint density at radius 2 is 2.05 bits per heavy atom. The highest BCUT2D eigenvalue weighted by Gasteiger charge is 2.53. The van der Waals surface area contributed by atoms with E-state index >= 15 is 0 Å². The molecule has 2 aliphatic rings. The molecule has 2 heteroatoms. The van der Waals surface area contributed by atoms with E-state index in [2.05, 4.69) is 47.6 Å². The van der Waals surface area contributed by atoms with Gasteiger partial charge in [-0.2, -0.15) is 0 Å². The lowest BCUT2D eigenvalue weighted by molar-refractivity contribution is 0.467. The standard InChI is InChI=1S/C17H20N2/c1-12-10-16(14-4-2-3-5-15(14)19-12)18-11-17(8-9-17)13-6-7-13/h2-5,10,13H,6-9,11H2,1H3,(H,18,19). The molecule has 0 unspecified atom stereocenters. The number of hydrogen-bond acceptors (Lipinski definition) is 2. The first kappa shape index (κ1) is 11.3. The van der Waals surface area contributed by atoms with Crippen LogP contribution in [0.4, 0.5) is 5.69 Å². The summed E-state index contributed by atoms with van der Waals surface area (Å²) in [4.78, 5) is 4.60. The quantitative estimate of drug-likeness (QED) is 0.884. The van der Waals surface area contributed by atoms with Crippen molar-refractivity contribution in [3.8, 4) is 0 Å². The van der Waals surface area contributed by atoms with Gasteiger partial charge in [0.15, 0.2) is 0 Å². The second-order valence-electron chi connectivity index (χ2n) is 6.32. The third kappa shape index (κ3) is 1.99. The molecule has 19 heavy (non-hydrogen) atoms. The summed E-state index contributed by atoms with van der Waals surface area (Å²) < 4.78 is 0. The molecule has 2 saturated carbocycles. The van der Waals surface area contributed by atoms with Crippen molar-refractivity contribution in [1.82, 2.24) is 4.98 Å². The van der Waals surface area contributed by atoms with Crippen molar-refractivity contribution in [3.63, 3.8) is 0 Å². The summed E-state index contributed by atoms with van der Waals surface area (Å²) >= 11 is 0. The number of aromatic nitrogens is 1. The van der Waals surface area contributed by atoms with E-state index in [1.807, 2.05) is 0 Å². The van der Waals surface area contributed by atoms with E-state index in [1.165, 1.54) is 36.8 Å². The lowest BCUT2D eigenvalue weighted by Gasteiger charge is -2.17. The Labute approximate surface area is 114 Å². The van der Waals surface area contributed by atoms with Crippen LogP contribution in [0.2, 0.25) is 0 Å². The van der Waals surface area contributed by atoms with Gasteiger partial charge in [-0.1, -0.05) is 18.2 Å². The first-order valence-corrected chi connectivity index (χ1v) is 7.37. The topological polar surface area (TPSA) is 24.9 Å². The molecular weight excluding hydrogens is 232 g/mol. The zero-order valence-electron chi connectivity index (χ0n) is 11.4. The van der Waals surface area contributed by atoms with Crippen LogP contribution >= 0.6 is 0 Å². The van der Waals surface area contributed by atoms with E-state index in [1.54, 1.807) is 0 Å². The number of fused-ring (bicyclic) bond motifs is 1. The summed E-state index contributed by atoms with van der Waals surface area (Å²) in [5, 5.41) is 4.96.